The molecule has 3 aromatic rings. The molecule has 0 saturated carbocycles. The van der Waals surface area contributed by atoms with E-state index in [-0.39, 0.29) is 29.6 Å². The van der Waals surface area contributed by atoms with Crippen molar-refractivity contribution in [2.75, 3.05) is 26.2 Å². The van der Waals surface area contributed by atoms with Gasteiger partial charge in [-0.05, 0) is 68.0 Å². The minimum Gasteiger partial charge on any atom is -0.395 e. The molecule has 36 heavy (non-hydrogen) atoms. The van der Waals surface area contributed by atoms with E-state index in [9.17, 15) is 13.5 Å². The van der Waals surface area contributed by atoms with Crippen LogP contribution >= 0.6 is 0 Å². The Kier molecular flexibility index (Phi) is 6.80. The highest BCUT2D eigenvalue weighted by molar-refractivity contribution is 7.89. The summed E-state index contributed by atoms with van der Waals surface area (Å²) in [6.45, 7) is 7.94. The van der Waals surface area contributed by atoms with E-state index in [1.54, 1.807) is 15.9 Å². The van der Waals surface area contributed by atoms with Gasteiger partial charge in [0.2, 0.25) is 0 Å². The van der Waals surface area contributed by atoms with Gasteiger partial charge in [0.05, 0.1) is 12.8 Å². The Bertz CT molecular complexity index is 1350. The Hall–Kier alpha value is -2.52. The van der Waals surface area contributed by atoms with E-state index in [1.165, 1.54) is 28.5 Å². The first-order valence-electron chi connectivity index (χ1n) is 12.8. The molecule has 1 aromatic heterocycles. The summed E-state index contributed by atoms with van der Waals surface area (Å²) in [7, 11) is -1.92. The number of rotatable bonds is 5. The smallest absolute Gasteiger partial charge is 0.260 e. The first kappa shape index (κ1) is 25.1. The average molecular weight is 509 g/mol. The third-order valence-electron chi connectivity index (χ3n) is 8.33. The molecule has 2 unspecified atom stereocenters. The second-order valence-corrected chi connectivity index (χ2v) is 12.1. The van der Waals surface area contributed by atoms with Gasteiger partial charge in [-0.2, -0.15) is 4.31 Å². The lowest BCUT2D eigenvalue weighted by Gasteiger charge is -2.57. The van der Waals surface area contributed by atoms with Gasteiger partial charge < -0.3 is 9.67 Å². The van der Waals surface area contributed by atoms with Crippen LogP contribution in [0.15, 0.2) is 53.7 Å². The molecule has 0 spiro atoms. The van der Waals surface area contributed by atoms with E-state index in [0.29, 0.717) is 18.9 Å². The number of aliphatic hydroxyl groups is 1. The number of aromatic nitrogens is 2. The molecule has 192 valence electrons. The summed E-state index contributed by atoms with van der Waals surface area (Å²) in [5.74, 6) is 0.750. The minimum atomic E-state index is -3.67. The first-order chi connectivity index (χ1) is 17.2. The normalized spacial score (nSPS) is 23.5. The zero-order valence-electron chi connectivity index (χ0n) is 21.6. The molecule has 0 bridgehead atoms. The number of aryl methyl sites for hydroxylation is 2. The Morgan fingerprint density at radius 1 is 1.03 bits per heavy atom. The molecule has 2 saturated heterocycles. The van der Waals surface area contributed by atoms with Crippen LogP contribution in [-0.2, 0) is 17.1 Å². The predicted octanol–water partition coefficient (Wildman–Crippen LogP) is 3.63. The quantitative estimate of drug-likeness (QED) is 0.570. The van der Waals surface area contributed by atoms with Crippen LogP contribution in [0.1, 0.15) is 41.3 Å². The highest BCUT2D eigenvalue weighted by Crippen LogP contribution is 2.43. The van der Waals surface area contributed by atoms with Crippen molar-refractivity contribution < 1.29 is 13.5 Å². The van der Waals surface area contributed by atoms with E-state index < -0.39 is 10.0 Å². The molecule has 0 radical (unpaired) electrons. The molecule has 0 aliphatic carbocycles. The summed E-state index contributed by atoms with van der Waals surface area (Å²) in [4.78, 5) is 6.52. The Morgan fingerprint density at radius 2 is 1.75 bits per heavy atom. The maximum absolute atomic E-state index is 13.6. The van der Waals surface area contributed by atoms with Gasteiger partial charge in [-0.1, -0.05) is 42.5 Å². The van der Waals surface area contributed by atoms with E-state index in [1.807, 2.05) is 6.92 Å². The molecule has 2 fully saturated rings. The van der Waals surface area contributed by atoms with E-state index in [2.05, 4.69) is 66.2 Å². The SMILES string of the molecule is Cc1cccc(-c2ccc([C@@H]3C(CO)N4CCCCN(S(=O)(=O)c5cnc(C)n5C)CC34)cc2)c1C. The van der Waals surface area contributed by atoms with Crippen LogP contribution in [0.2, 0.25) is 0 Å². The largest absolute Gasteiger partial charge is 0.395 e. The fourth-order valence-electron chi connectivity index (χ4n) is 5.93. The fourth-order valence-corrected chi connectivity index (χ4v) is 7.58. The number of hydrogen-bond donors (Lipinski definition) is 1. The second-order valence-electron chi connectivity index (χ2n) is 10.2. The molecule has 2 aromatic carbocycles. The number of sulfonamides is 1. The number of nitrogens with zero attached hydrogens (tertiary/aromatic N) is 4. The third kappa shape index (κ3) is 4.20. The van der Waals surface area contributed by atoms with Gasteiger partial charge in [-0.15, -0.1) is 0 Å². The van der Waals surface area contributed by atoms with Crippen LogP contribution in [0.4, 0.5) is 0 Å². The van der Waals surface area contributed by atoms with Crippen LogP contribution < -0.4 is 0 Å². The highest BCUT2D eigenvalue weighted by atomic mass is 32.2. The molecule has 5 rings (SSSR count). The van der Waals surface area contributed by atoms with Crippen LogP contribution in [0, 0.1) is 20.8 Å². The van der Waals surface area contributed by atoms with E-state index in [0.717, 1.165) is 24.9 Å². The molecule has 0 amide bonds. The Labute approximate surface area is 214 Å². The molecular formula is C28H36N4O3S. The van der Waals surface area contributed by atoms with Gasteiger partial charge in [-0.3, -0.25) is 4.90 Å². The number of benzene rings is 2. The summed E-state index contributed by atoms with van der Waals surface area (Å²) in [5, 5.41) is 10.5. The van der Waals surface area contributed by atoms with Crippen molar-refractivity contribution >= 4 is 10.0 Å². The summed E-state index contributed by atoms with van der Waals surface area (Å²) in [5.41, 5.74) is 6.10. The van der Waals surface area contributed by atoms with Crippen molar-refractivity contribution in [2.24, 2.45) is 7.05 Å². The summed E-state index contributed by atoms with van der Waals surface area (Å²) in [6, 6.07) is 15.0. The Balaban J connectivity index is 1.44. The fraction of sp³-hybridized carbons (Fsp3) is 0.464. The van der Waals surface area contributed by atoms with Crippen molar-refractivity contribution in [2.45, 2.75) is 56.6 Å². The highest BCUT2D eigenvalue weighted by Gasteiger charge is 2.50. The number of imidazole rings is 1. The molecule has 3 heterocycles. The van der Waals surface area contributed by atoms with Crippen molar-refractivity contribution in [3.8, 4) is 11.1 Å². The van der Waals surface area contributed by atoms with Crippen molar-refractivity contribution in [3.63, 3.8) is 0 Å². The molecular weight excluding hydrogens is 472 g/mol. The molecule has 1 N–H and O–H groups in total. The van der Waals surface area contributed by atoms with Crippen LogP contribution in [-0.4, -0.2) is 70.6 Å². The molecule has 7 nitrogen and oxygen atoms in total. The van der Waals surface area contributed by atoms with Crippen molar-refractivity contribution in [3.05, 3.63) is 71.2 Å². The van der Waals surface area contributed by atoms with Gasteiger partial charge in [0.15, 0.2) is 5.03 Å². The molecule has 3 atom stereocenters. The van der Waals surface area contributed by atoms with Gasteiger partial charge >= 0.3 is 0 Å². The molecule has 2 aliphatic heterocycles. The second kappa shape index (κ2) is 9.74. The Morgan fingerprint density at radius 3 is 2.42 bits per heavy atom. The lowest BCUT2D eigenvalue weighted by Crippen LogP contribution is -2.67. The molecule has 2 aliphatic rings. The predicted molar refractivity (Wildman–Crippen MR) is 141 cm³/mol. The third-order valence-corrected chi connectivity index (χ3v) is 10.2. The number of aliphatic hydroxyl groups excluding tert-OH is 1. The first-order valence-corrected chi connectivity index (χ1v) is 14.2. The standard InChI is InChI=1S/C28H36N4O3S/c1-19-8-7-9-24(20(19)2)22-10-12-23(13-11-22)28-25-17-31(14-5-6-15-32(25)26(28)18-33)36(34,35)27-16-29-21(3)30(27)4/h7-13,16,25-26,28,33H,5-6,14-15,17-18H2,1-4H3/t25?,26?,28-/m0/s1. The number of hydrogen-bond acceptors (Lipinski definition) is 5. The zero-order chi connectivity index (χ0) is 25.6. The van der Waals surface area contributed by atoms with Crippen molar-refractivity contribution in [1.29, 1.82) is 0 Å². The lowest BCUT2D eigenvalue weighted by atomic mass is 9.74. The summed E-state index contributed by atoms with van der Waals surface area (Å²) in [6.07, 6.45) is 3.16. The molecule has 8 heteroatoms. The van der Waals surface area contributed by atoms with E-state index in [4.69, 9.17) is 0 Å². The van der Waals surface area contributed by atoms with Crippen LogP contribution in [0.3, 0.4) is 0 Å². The number of fused-ring (bicyclic) bond motifs is 1. The minimum absolute atomic E-state index is 0.00292. The van der Waals surface area contributed by atoms with Crippen LogP contribution in [0.5, 0.6) is 0 Å². The topological polar surface area (TPSA) is 78.7 Å². The van der Waals surface area contributed by atoms with Crippen LogP contribution in [0.25, 0.3) is 11.1 Å². The zero-order valence-corrected chi connectivity index (χ0v) is 22.4. The van der Waals surface area contributed by atoms with Gasteiger partial charge in [0, 0.05) is 38.1 Å². The maximum Gasteiger partial charge on any atom is 0.260 e. The summed E-state index contributed by atoms with van der Waals surface area (Å²) < 4.78 is 30.5. The van der Waals surface area contributed by atoms with Crippen molar-refractivity contribution in [1.82, 2.24) is 18.8 Å². The summed E-state index contributed by atoms with van der Waals surface area (Å²) >= 11 is 0. The average Bonchev–Trinajstić information content (AvgIpc) is 3.19. The lowest BCUT2D eigenvalue weighted by molar-refractivity contribution is -0.0554. The van der Waals surface area contributed by atoms with Gasteiger partial charge in [0.25, 0.3) is 10.0 Å². The van der Waals surface area contributed by atoms with Gasteiger partial charge in [0.1, 0.15) is 5.82 Å². The maximum atomic E-state index is 13.6. The van der Waals surface area contributed by atoms with E-state index >= 15 is 0 Å². The monoisotopic (exact) mass is 508 g/mol. The van der Waals surface area contributed by atoms with Gasteiger partial charge in [-0.25, -0.2) is 13.4 Å².